The standard InChI is InChI=1S/C16H26O3SSi/c1-13(2)21(19,14(3)4)12-16-9-7-6-8-15(16)10-11-20(5,17)18/h6-11,13-14,19H,12H2,1-5H3/b11-10+. The molecule has 1 rings (SSSR count). The molecule has 0 aromatic heterocycles. The van der Waals surface area contributed by atoms with Crippen LogP contribution in [0.25, 0.3) is 6.08 Å². The summed E-state index contributed by atoms with van der Waals surface area (Å²) in [4.78, 5) is 11.1. The first-order valence-electron chi connectivity index (χ1n) is 7.24. The van der Waals surface area contributed by atoms with Crippen LogP contribution in [0.15, 0.2) is 29.7 Å². The maximum absolute atomic E-state index is 11.3. The topological polar surface area (TPSA) is 54.4 Å². The molecule has 3 nitrogen and oxygen atoms in total. The Kier molecular flexibility index (Phi) is 5.96. The molecule has 0 amide bonds. The fourth-order valence-corrected chi connectivity index (χ4v) is 5.91. The van der Waals surface area contributed by atoms with Crippen molar-refractivity contribution in [2.24, 2.45) is 0 Å². The highest BCUT2D eigenvalue weighted by Crippen LogP contribution is 2.33. The van der Waals surface area contributed by atoms with Crippen molar-refractivity contribution in [3.05, 3.63) is 40.8 Å². The highest BCUT2D eigenvalue weighted by Gasteiger charge is 2.38. The average molecular weight is 327 g/mol. The van der Waals surface area contributed by atoms with Crippen molar-refractivity contribution in [3.8, 4) is 0 Å². The zero-order chi connectivity index (χ0) is 16.3. The van der Waals surface area contributed by atoms with E-state index in [-0.39, 0.29) is 11.1 Å². The van der Waals surface area contributed by atoms with Crippen LogP contribution in [0.1, 0.15) is 38.8 Å². The van der Waals surface area contributed by atoms with Crippen LogP contribution < -0.4 is 0 Å². The molecule has 0 aliphatic carbocycles. The molecule has 1 aromatic carbocycles. The Bertz CT molecular complexity index is 596. The Morgan fingerprint density at radius 2 is 1.67 bits per heavy atom. The molecule has 118 valence electrons. The second-order valence-corrected chi connectivity index (χ2v) is 12.9. The monoisotopic (exact) mass is 326 g/mol. The second-order valence-electron chi connectivity index (χ2n) is 6.31. The molecular weight excluding hydrogens is 300 g/mol. The minimum atomic E-state index is -3.15. The van der Waals surface area contributed by atoms with Crippen LogP contribution in [-0.4, -0.2) is 27.8 Å². The van der Waals surface area contributed by atoms with E-state index in [0.717, 1.165) is 11.1 Å². The first kappa shape index (κ1) is 18.1. The predicted octanol–water partition coefficient (Wildman–Crippen LogP) is 3.54. The van der Waals surface area contributed by atoms with Gasteiger partial charge in [-0.25, -0.2) is 8.42 Å². The summed E-state index contributed by atoms with van der Waals surface area (Å²) in [5.41, 5.74) is 2.40. The average Bonchev–Trinajstić information content (AvgIpc) is 2.36. The molecule has 0 aliphatic heterocycles. The molecule has 21 heavy (non-hydrogen) atoms. The summed E-state index contributed by atoms with van der Waals surface area (Å²) in [5.74, 6) is 0. The van der Waals surface area contributed by atoms with Crippen molar-refractivity contribution in [1.29, 1.82) is 0 Å². The summed E-state index contributed by atoms with van der Waals surface area (Å²) in [6.07, 6.45) is 2.81. The van der Waals surface area contributed by atoms with E-state index in [1.54, 1.807) is 6.08 Å². The van der Waals surface area contributed by atoms with Gasteiger partial charge in [-0.1, -0.05) is 52.0 Å². The SMILES string of the molecule is CC(C)[Si](O)(Cc1ccccc1/C=C/S(C)(=O)=O)C(C)C. The van der Waals surface area contributed by atoms with Gasteiger partial charge in [-0.15, -0.1) is 0 Å². The Morgan fingerprint density at radius 3 is 2.14 bits per heavy atom. The van der Waals surface area contributed by atoms with Crippen LogP contribution in [0, 0.1) is 0 Å². The molecule has 0 atom stereocenters. The molecule has 0 bridgehead atoms. The lowest BCUT2D eigenvalue weighted by atomic mass is 10.1. The van der Waals surface area contributed by atoms with Crippen LogP contribution in [0.3, 0.4) is 0 Å². The minimum Gasteiger partial charge on any atom is -0.431 e. The Morgan fingerprint density at radius 1 is 1.14 bits per heavy atom. The normalized spacial score (nSPS) is 13.5. The number of hydrogen-bond acceptors (Lipinski definition) is 3. The molecule has 1 aromatic rings. The van der Waals surface area contributed by atoms with E-state index in [2.05, 4.69) is 27.7 Å². The van der Waals surface area contributed by atoms with Gasteiger partial charge >= 0.3 is 0 Å². The van der Waals surface area contributed by atoms with Crippen LogP contribution in [0.4, 0.5) is 0 Å². The number of rotatable bonds is 6. The highest BCUT2D eigenvalue weighted by atomic mass is 32.2. The quantitative estimate of drug-likeness (QED) is 0.814. The van der Waals surface area contributed by atoms with Crippen molar-refractivity contribution in [2.75, 3.05) is 6.26 Å². The third-order valence-corrected chi connectivity index (χ3v) is 9.60. The lowest BCUT2D eigenvalue weighted by Gasteiger charge is -2.33. The fraction of sp³-hybridized carbons (Fsp3) is 0.500. The maximum atomic E-state index is 11.3. The Hall–Kier alpha value is -0.913. The molecule has 0 saturated carbocycles. The molecule has 0 spiro atoms. The largest absolute Gasteiger partial charge is 0.431 e. The lowest BCUT2D eigenvalue weighted by molar-refractivity contribution is 0.490. The highest BCUT2D eigenvalue weighted by molar-refractivity contribution is 7.93. The van der Waals surface area contributed by atoms with Gasteiger partial charge in [0.25, 0.3) is 0 Å². The third kappa shape index (κ3) is 5.09. The van der Waals surface area contributed by atoms with Gasteiger partial charge < -0.3 is 4.80 Å². The van der Waals surface area contributed by atoms with Gasteiger partial charge in [0.05, 0.1) is 0 Å². The summed E-state index contributed by atoms with van der Waals surface area (Å²) < 4.78 is 22.6. The summed E-state index contributed by atoms with van der Waals surface area (Å²) in [6.45, 7) is 8.28. The van der Waals surface area contributed by atoms with Gasteiger partial charge in [0.1, 0.15) is 0 Å². The minimum absolute atomic E-state index is 0.254. The van der Waals surface area contributed by atoms with Crippen molar-refractivity contribution in [2.45, 2.75) is 44.8 Å². The van der Waals surface area contributed by atoms with Crippen LogP contribution in [0.5, 0.6) is 0 Å². The van der Waals surface area contributed by atoms with E-state index in [1.807, 2.05) is 24.3 Å². The van der Waals surface area contributed by atoms with Gasteiger partial charge in [-0.2, -0.15) is 0 Å². The summed E-state index contributed by atoms with van der Waals surface area (Å²) in [5, 5.41) is 1.22. The second kappa shape index (κ2) is 6.90. The van der Waals surface area contributed by atoms with E-state index >= 15 is 0 Å². The molecule has 0 fully saturated rings. The molecule has 0 unspecified atom stereocenters. The Labute approximate surface area is 129 Å². The van der Waals surface area contributed by atoms with Crippen molar-refractivity contribution in [1.82, 2.24) is 0 Å². The van der Waals surface area contributed by atoms with E-state index < -0.39 is 18.2 Å². The van der Waals surface area contributed by atoms with Crippen molar-refractivity contribution in [3.63, 3.8) is 0 Å². The van der Waals surface area contributed by atoms with Crippen LogP contribution >= 0.6 is 0 Å². The van der Waals surface area contributed by atoms with E-state index in [4.69, 9.17) is 0 Å². The molecule has 5 heteroatoms. The lowest BCUT2D eigenvalue weighted by Crippen LogP contribution is -2.44. The van der Waals surface area contributed by atoms with Gasteiger partial charge in [0.2, 0.25) is 0 Å². The predicted molar refractivity (Wildman–Crippen MR) is 92.2 cm³/mol. The summed E-state index contributed by atoms with van der Waals surface area (Å²) in [7, 11) is -5.58. The van der Waals surface area contributed by atoms with Gasteiger partial charge in [0, 0.05) is 11.7 Å². The summed E-state index contributed by atoms with van der Waals surface area (Å²) in [6, 6.07) is 8.34. The first-order valence-corrected chi connectivity index (χ1v) is 11.5. The van der Waals surface area contributed by atoms with Crippen LogP contribution in [-0.2, 0) is 15.9 Å². The Balaban J connectivity index is 3.18. The van der Waals surface area contributed by atoms with Gasteiger partial charge in [-0.05, 0) is 34.3 Å². The van der Waals surface area contributed by atoms with Crippen LogP contribution in [0.2, 0.25) is 11.1 Å². The number of benzene rings is 1. The van der Waals surface area contributed by atoms with Gasteiger partial charge in [0.15, 0.2) is 18.2 Å². The van der Waals surface area contributed by atoms with Gasteiger partial charge in [-0.3, -0.25) is 0 Å². The molecule has 0 radical (unpaired) electrons. The van der Waals surface area contributed by atoms with Crippen molar-refractivity contribution >= 4 is 24.2 Å². The third-order valence-electron chi connectivity index (χ3n) is 4.02. The van der Waals surface area contributed by atoms with E-state index in [0.29, 0.717) is 6.04 Å². The van der Waals surface area contributed by atoms with E-state index in [9.17, 15) is 13.2 Å². The number of hydrogen-bond donors (Lipinski definition) is 1. The smallest absolute Gasteiger partial charge is 0.197 e. The zero-order valence-corrected chi connectivity index (χ0v) is 15.3. The maximum Gasteiger partial charge on any atom is 0.197 e. The zero-order valence-electron chi connectivity index (χ0n) is 13.5. The first-order chi connectivity index (χ1) is 9.56. The molecular formula is C16H26O3SSi. The van der Waals surface area contributed by atoms with Crippen molar-refractivity contribution < 1.29 is 13.2 Å². The number of sulfone groups is 1. The molecule has 0 aliphatic rings. The summed E-state index contributed by atoms with van der Waals surface area (Å²) >= 11 is 0. The molecule has 0 saturated heterocycles. The van der Waals surface area contributed by atoms with E-state index in [1.165, 1.54) is 11.7 Å². The molecule has 0 heterocycles. The fourth-order valence-electron chi connectivity index (χ4n) is 2.43. The molecule has 1 N–H and O–H groups in total.